The van der Waals surface area contributed by atoms with Crippen LogP contribution in [0.15, 0.2) is 0 Å². The number of halogens is 2. The molecule has 0 aromatic heterocycles. The van der Waals surface area contributed by atoms with E-state index in [2.05, 4.69) is 22.6 Å². The molecule has 2 heteroatoms. The molecule has 4 bridgehead atoms. The second kappa shape index (κ2) is 1.45. The first-order chi connectivity index (χ1) is 4.30. The molecular formula is C7H8ClI. The molecule has 0 amide bonds. The van der Waals surface area contributed by atoms with Crippen molar-refractivity contribution in [3.8, 4) is 0 Å². The SMILES string of the molecule is ClC1C2CC3C1C3C2I. The highest BCUT2D eigenvalue weighted by atomic mass is 127. The van der Waals surface area contributed by atoms with Crippen LogP contribution in [0.25, 0.3) is 0 Å². The van der Waals surface area contributed by atoms with Crippen LogP contribution in [0.3, 0.4) is 0 Å². The molecular weight excluding hydrogens is 246 g/mol. The second-order valence-electron chi connectivity index (χ2n) is 3.61. The topological polar surface area (TPSA) is 0 Å². The van der Waals surface area contributed by atoms with Gasteiger partial charge in [0.1, 0.15) is 0 Å². The zero-order valence-corrected chi connectivity index (χ0v) is 7.84. The second-order valence-corrected chi connectivity index (χ2v) is 5.55. The lowest BCUT2D eigenvalue weighted by Crippen LogP contribution is -2.09. The van der Waals surface area contributed by atoms with Crippen molar-refractivity contribution in [1.82, 2.24) is 0 Å². The molecule has 0 N–H and O–H groups in total. The van der Waals surface area contributed by atoms with Gasteiger partial charge in [0.25, 0.3) is 0 Å². The maximum atomic E-state index is 6.19. The van der Waals surface area contributed by atoms with E-state index in [1.54, 1.807) is 0 Å². The van der Waals surface area contributed by atoms with Crippen molar-refractivity contribution in [2.24, 2.45) is 23.7 Å². The maximum absolute atomic E-state index is 6.19. The zero-order valence-electron chi connectivity index (χ0n) is 4.93. The fraction of sp³-hybridized carbons (Fsp3) is 1.00. The van der Waals surface area contributed by atoms with Gasteiger partial charge in [-0.1, -0.05) is 22.6 Å². The van der Waals surface area contributed by atoms with E-state index >= 15 is 0 Å². The molecule has 6 unspecified atom stereocenters. The smallest absolute Gasteiger partial charge is 0.0408 e. The van der Waals surface area contributed by atoms with Gasteiger partial charge in [0, 0.05) is 9.30 Å². The summed E-state index contributed by atoms with van der Waals surface area (Å²) in [6.07, 6.45) is 1.46. The fourth-order valence-electron chi connectivity index (χ4n) is 2.96. The van der Waals surface area contributed by atoms with E-state index in [0.717, 1.165) is 27.6 Å². The molecule has 4 aliphatic rings. The monoisotopic (exact) mass is 254 g/mol. The Morgan fingerprint density at radius 2 is 2.00 bits per heavy atom. The van der Waals surface area contributed by atoms with E-state index in [9.17, 15) is 0 Å². The highest BCUT2D eigenvalue weighted by molar-refractivity contribution is 14.1. The van der Waals surface area contributed by atoms with Crippen molar-refractivity contribution in [3.05, 3.63) is 0 Å². The number of alkyl halides is 2. The van der Waals surface area contributed by atoms with Crippen LogP contribution < -0.4 is 0 Å². The summed E-state index contributed by atoms with van der Waals surface area (Å²) in [5, 5.41) is 0.571. The molecule has 0 aromatic rings. The van der Waals surface area contributed by atoms with Gasteiger partial charge in [-0.15, -0.1) is 11.6 Å². The van der Waals surface area contributed by atoms with Gasteiger partial charge in [0.2, 0.25) is 0 Å². The summed E-state index contributed by atoms with van der Waals surface area (Å²) in [4.78, 5) is 0. The number of hydrogen-bond acceptors (Lipinski definition) is 0. The van der Waals surface area contributed by atoms with Crippen LogP contribution in [-0.2, 0) is 0 Å². The fourth-order valence-corrected chi connectivity index (χ4v) is 5.57. The van der Waals surface area contributed by atoms with Crippen molar-refractivity contribution < 1.29 is 0 Å². The molecule has 0 nitrogen and oxygen atoms in total. The van der Waals surface area contributed by atoms with E-state index in [4.69, 9.17) is 11.6 Å². The van der Waals surface area contributed by atoms with Crippen LogP contribution >= 0.6 is 34.2 Å². The van der Waals surface area contributed by atoms with Gasteiger partial charge in [-0.2, -0.15) is 0 Å². The van der Waals surface area contributed by atoms with E-state index < -0.39 is 0 Å². The minimum Gasteiger partial charge on any atom is -0.122 e. The normalized spacial score (nSPS) is 75.3. The Morgan fingerprint density at radius 1 is 1.22 bits per heavy atom. The Labute approximate surface area is 73.5 Å². The highest BCUT2D eigenvalue weighted by Gasteiger charge is 2.72. The van der Waals surface area contributed by atoms with E-state index in [1.165, 1.54) is 6.42 Å². The van der Waals surface area contributed by atoms with Crippen molar-refractivity contribution in [1.29, 1.82) is 0 Å². The largest absolute Gasteiger partial charge is 0.122 e. The van der Waals surface area contributed by atoms with Crippen molar-refractivity contribution >= 4 is 34.2 Å². The van der Waals surface area contributed by atoms with Gasteiger partial charge >= 0.3 is 0 Å². The van der Waals surface area contributed by atoms with Gasteiger partial charge in [-0.3, -0.25) is 0 Å². The molecule has 9 heavy (non-hydrogen) atoms. The summed E-state index contributed by atoms with van der Waals surface area (Å²) in [7, 11) is 0. The standard InChI is InChI=1S/C7H8ClI/c8-6-3-1-2-4(6)5(2)7(3)9/h2-7H,1H2. The number of hydrogen-bond donors (Lipinski definition) is 0. The zero-order chi connectivity index (χ0) is 6.17. The van der Waals surface area contributed by atoms with Crippen molar-refractivity contribution in [2.45, 2.75) is 15.7 Å². The van der Waals surface area contributed by atoms with Crippen LogP contribution in [-0.4, -0.2) is 9.30 Å². The molecule has 6 atom stereocenters. The quantitative estimate of drug-likeness (QED) is 0.460. The van der Waals surface area contributed by atoms with Gasteiger partial charge in [-0.25, -0.2) is 0 Å². The first-order valence-electron chi connectivity index (χ1n) is 3.59. The van der Waals surface area contributed by atoms with E-state index in [1.807, 2.05) is 0 Å². The van der Waals surface area contributed by atoms with Crippen molar-refractivity contribution in [2.75, 3.05) is 0 Å². The minimum absolute atomic E-state index is 0.571. The molecule has 0 saturated heterocycles. The molecule has 0 aliphatic heterocycles. The lowest BCUT2D eigenvalue weighted by molar-refractivity contribution is 0.633. The Hall–Kier alpha value is 1.02. The Bertz CT molecular complexity index is 150. The summed E-state index contributed by atoms with van der Waals surface area (Å²) in [5.41, 5.74) is 0. The predicted molar refractivity (Wildman–Crippen MR) is 46.0 cm³/mol. The van der Waals surface area contributed by atoms with Gasteiger partial charge in [0.05, 0.1) is 0 Å². The molecule has 4 saturated carbocycles. The lowest BCUT2D eigenvalue weighted by atomic mass is 10.1. The number of rotatable bonds is 0. The molecule has 0 radical (unpaired) electrons. The molecule has 4 aliphatic carbocycles. The summed E-state index contributed by atoms with van der Waals surface area (Å²) < 4.78 is 0.945. The molecule has 4 rings (SSSR count). The van der Waals surface area contributed by atoms with Crippen LogP contribution in [0.1, 0.15) is 6.42 Å². The summed E-state index contributed by atoms with van der Waals surface area (Å²) in [5.74, 6) is 3.98. The molecule has 0 aromatic carbocycles. The first kappa shape index (κ1) is 5.64. The van der Waals surface area contributed by atoms with Crippen LogP contribution in [0.2, 0.25) is 0 Å². The maximum Gasteiger partial charge on any atom is 0.0408 e. The third-order valence-corrected chi connectivity index (χ3v) is 5.76. The third-order valence-electron chi connectivity index (χ3n) is 3.39. The Morgan fingerprint density at radius 3 is 2.11 bits per heavy atom. The average Bonchev–Trinajstić information content (AvgIpc) is 2.18. The molecule has 0 heterocycles. The molecule has 50 valence electrons. The van der Waals surface area contributed by atoms with E-state index in [-0.39, 0.29) is 0 Å². The lowest BCUT2D eigenvalue weighted by Gasteiger charge is -2.08. The van der Waals surface area contributed by atoms with Gasteiger partial charge < -0.3 is 0 Å². The van der Waals surface area contributed by atoms with Crippen LogP contribution in [0.5, 0.6) is 0 Å². The first-order valence-corrected chi connectivity index (χ1v) is 5.27. The summed E-state index contributed by atoms with van der Waals surface area (Å²) in [6, 6.07) is 0. The Kier molecular flexibility index (Phi) is 0.908. The molecule has 0 spiro atoms. The summed E-state index contributed by atoms with van der Waals surface area (Å²) in [6.45, 7) is 0. The highest BCUT2D eigenvalue weighted by Crippen LogP contribution is 2.73. The van der Waals surface area contributed by atoms with Gasteiger partial charge in [0.15, 0.2) is 0 Å². The summed E-state index contributed by atoms with van der Waals surface area (Å²) >= 11 is 8.78. The minimum atomic E-state index is 0.571. The average molecular weight is 254 g/mol. The third kappa shape index (κ3) is 0.462. The van der Waals surface area contributed by atoms with Gasteiger partial charge in [-0.05, 0) is 30.1 Å². The van der Waals surface area contributed by atoms with Crippen LogP contribution in [0, 0.1) is 23.7 Å². The van der Waals surface area contributed by atoms with Crippen molar-refractivity contribution in [3.63, 3.8) is 0 Å². The van der Waals surface area contributed by atoms with E-state index in [0.29, 0.717) is 5.38 Å². The molecule has 4 fully saturated rings. The Balaban J connectivity index is 2.07. The van der Waals surface area contributed by atoms with Crippen LogP contribution in [0.4, 0.5) is 0 Å². The predicted octanol–water partition coefficient (Wildman–Crippen LogP) is 2.29.